The van der Waals surface area contributed by atoms with E-state index in [1.807, 2.05) is 0 Å². The Kier molecular flexibility index (Phi) is 4.13. The van der Waals surface area contributed by atoms with Crippen molar-refractivity contribution in [1.82, 2.24) is 0 Å². The third kappa shape index (κ3) is 3.46. The van der Waals surface area contributed by atoms with Crippen LogP contribution in [-0.4, -0.2) is 33.7 Å². The lowest BCUT2D eigenvalue weighted by Crippen LogP contribution is -2.26. The van der Waals surface area contributed by atoms with Gasteiger partial charge in [-0.1, -0.05) is 0 Å². The van der Waals surface area contributed by atoms with Crippen molar-refractivity contribution in [3.63, 3.8) is 0 Å². The van der Waals surface area contributed by atoms with Gasteiger partial charge >= 0.3 is 10.2 Å². The van der Waals surface area contributed by atoms with E-state index in [2.05, 4.69) is 0 Å². The molecule has 1 aliphatic rings. The lowest BCUT2D eigenvalue weighted by atomic mass is 10.1. The Morgan fingerprint density at radius 1 is 1.38 bits per heavy atom. The van der Waals surface area contributed by atoms with Gasteiger partial charge in [0.1, 0.15) is 5.82 Å². The minimum Gasteiger partial charge on any atom is -0.492 e. The number of halogens is 3. The molecule has 1 fully saturated rings. The summed E-state index contributed by atoms with van der Waals surface area (Å²) in [6.07, 6.45) is -0.218. The number of carbonyl (C=O) groups excluding carboxylic acids is 1. The van der Waals surface area contributed by atoms with Crippen LogP contribution in [-0.2, 0) is 15.0 Å². The Hall–Kier alpha value is -1.77. The van der Waals surface area contributed by atoms with Crippen LogP contribution in [0.1, 0.15) is 6.42 Å². The van der Waals surface area contributed by atoms with Gasteiger partial charge in [-0.25, -0.2) is 8.78 Å². The smallest absolute Gasteiger partial charge is 0.302 e. The van der Waals surface area contributed by atoms with Crippen LogP contribution in [0.5, 0.6) is 5.75 Å². The first-order chi connectivity index (χ1) is 9.71. The van der Waals surface area contributed by atoms with E-state index in [1.165, 1.54) is 0 Å². The van der Waals surface area contributed by atoms with Gasteiger partial charge in [0.05, 0.1) is 18.6 Å². The van der Waals surface area contributed by atoms with Gasteiger partial charge in [-0.05, 0) is 0 Å². The number of nitrogens with zero attached hydrogens (tertiary/aromatic N) is 1. The number of hydrogen-bond donors (Lipinski definition) is 0. The van der Waals surface area contributed by atoms with Gasteiger partial charge in [0.2, 0.25) is 5.91 Å². The molecule has 1 amide bonds. The van der Waals surface area contributed by atoms with Crippen molar-refractivity contribution in [3.05, 3.63) is 23.8 Å². The molecule has 0 saturated carbocycles. The molecule has 0 bridgehead atoms. The molecule has 1 aromatic carbocycles. The SMILES string of the molecule is COc1c(F)cc(F)cc1N1CC(CS(=O)(=O)F)CC1=O. The average Bonchev–Trinajstić information content (AvgIpc) is 2.66. The molecular formula is C12H12F3NO4S. The summed E-state index contributed by atoms with van der Waals surface area (Å²) in [5.41, 5.74) is -0.140. The second kappa shape index (κ2) is 5.55. The van der Waals surface area contributed by atoms with E-state index in [0.717, 1.165) is 18.1 Å². The number of amides is 1. The lowest BCUT2D eigenvalue weighted by Gasteiger charge is -2.20. The molecule has 1 unspecified atom stereocenters. The lowest BCUT2D eigenvalue weighted by molar-refractivity contribution is -0.117. The predicted octanol–water partition coefficient (Wildman–Crippen LogP) is 1.63. The summed E-state index contributed by atoms with van der Waals surface area (Å²) in [6.45, 7) is -0.152. The zero-order valence-electron chi connectivity index (χ0n) is 11.0. The average molecular weight is 323 g/mol. The van der Waals surface area contributed by atoms with Gasteiger partial charge in [-0.15, -0.1) is 3.89 Å². The summed E-state index contributed by atoms with van der Waals surface area (Å²) in [6, 6.07) is 1.51. The molecule has 1 heterocycles. The summed E-state index contributed by atoms with van der Waals surface area (Å²) in [4.78, 5) is 12.9. The van der Waals surface area contributed by atoms with Gasteiger partial charge in [-0.3, -0.25) is 4.79 Å². The molecule has 0 radical (unpaired) electrons. The van der Waals surface area contributed by atoms with Gasteiger partial charge in [0, 0.05) is 31.0 Å². The number of anilines is 1. The van der Waals surface area contributed by atoms with E-state index in [9.17, 15) is 25.9 Å². The van der Waals surface area contributed by atoms with Gasteiger partial charge in [-0.2, -0.15) is 8.42 Å². The standard InChI is InChI=1S/C12H12F3NO4S/c1-20-12-9(14)3-8(13)4-10(12)16-5-7(2-11(16)17)6-21(15,18)19/h3-4,7H,2,5-6H2,1H3. The van der Waals surface area contributed by atoms with E-state index >= 15 is 0 Å². The predicted molar refractivity (Wildman–Crippen MR) is 68.3 cm³/mol. The first-order valence-electron chi connectivity index (χ1n) is 5.97. The highest BCUT2D eigenvalue weighted by molar-refractivity contribution is 7.86. The van der Waals surface area contributed by atoms with Crippen LogP contribution >= 0.6 is 0 Å². The van der Waals surface area contributed by atoms with Crippen molar-refractivity contribution in [2.24, 2.45) is 5.92 Å². The molecule has 5 nitrogen and oxygen atoms in total. The Morgan fingerprint density at radius 2 is 2.05 bits per heavy atom. The summed E-state index contributed by atoms with van der Waals surface area (Å²) >= 11 is 0. The molecule has 116 valence electrons. The molecule has 2 rings (SSSR count). The molecule has 1 saturated heterocycles. The molecule has 9 heteroatoms. The van der Waals surface area contributed by atoms with E-state index < -0.39 is 39.4 Å². The Morgan fingerprint density at radius 3 is 2.62 bits per heavy atom. The van der Waals surface area contributed by atoms with Crippen LogP contribution in [0, 0.1) is 17.6 Å². The fraction of sp³-hybridized carbons (Fsp3) is 0.417. The normalized spacial score (nSPS) is 19.1. The fourth-order valence-electron chi connectivity index (χ4n) is 2.36. The summed E-state index contributed by atoms with van der Waals surface area (Å²) in [5.74, 6) is -4.35. The van der Waals surface area contributed by atoms with E-state index in [-0.39, 0.29) is 24.4 Å². The van der Waals surface area contributed by atoms with Gasteiger partial charge < -0.3 is 9.64 Å². The molecule has 0 aromatic heterocycles. The number of hydrogen-bond acceptors (Lipinski definition) is 4. The molecule has 1 aliphatic heterocycles. The van der Waals surface area contributed by atoms with E-state index in [0.29, 0.717) is 6.07 Å². The number of rotatable bonds is 4. The zero-order chi connectivity index (χ0) is 15.8. The highest BCUT2D eigenvalue weighted by Crippen LogP contribution is 2.36. The summed E-state index contributed by atoms with van der Waals surface area (Å²) in [5, 5.41) is 0. The van der Waals surface area contributed by atoms with Crippen LogP contribution in [0.2, 0.25) is 0 Å². The molecule has 1 atom stereocenters. The third-order valence-corrected chi connectivity index (χ3v) is 3.99. The highest BCUT2D eigenvalue weighted by Gasteiger charge is 2.35. The van der Waals surface area contributed by atoms with Crippen LogP contribution < -0.4 is 9.64 Å². The van der Waals surface area contributed by atoms with E-state index in [1.54, 1.807) is 0 Å². The number of methoxy groups -OCH3 is 1. The minimum atomic E-state index is -4.73. The number of benzene rings is 1. The Balaban J connectivity index is 2.33. The van der Waals surface area contributed by atoms with Crippen molar-refractivity contribution in [1.29, 1.82) is 0 Å². The van der Waals surface area contributed by atoms with Gasteiger partial charge in [0.25, 0.3) is 0 Å². The van der Waals surface area contributed by atoms with Crippen molar-refractivity contribution >= 4 is 21.8 Å². The molecule has 21 heavy (non-hydrogen) atoms. The Labute approximate surface area is 119 Å². The zero-order valence-corrected chi connectivity index (χ0v) is 11.8. The summed E-state index contributed by atoms with van der Waals surface area (Å²) in [7, 11) is -3.57. The molecule has 0 aliphatic carbocycles. The quantitative estimate of drug-likeness (QED) is 0.790. The van der Waals surface area contributed by atoms with Crippen LogP contribution in [0.25, 0.3) is 0 Å². The maximum atomic E-state index is 13.6. The second-order valence-corrected chi connectivity index (χ2v) is 6.13. The minimum absolute atomic E-state index is 0.140. The van der Waals surface area contributed by atoms with Crippen molar-refractivity contribution in [2.45, 2.75) is 6.42 Å². The molecule has 0 N–H and O–H groups in total. The first kappa shape index (κ1) is 15.6. The third-order valence-electron chi connectivity index (χ3n) is 3.12. The maximum absolute atomic E-state index is 13.6. The first-order valence-corrected chi connectivity index (χ1v) is 7.52. The number of ether oxygens (including phenoxy) is 1. The Bertz CT molecular complexity index is 677. The largest absolute Gasteiger partial charge is 0.492 e. The monoisotopic (exact) mass is 323 g/mol. The van der Waals surface area contributed by atoms with Crippen LogP contribution in [0.3, 0.4) is 0 Å². The number of carbonyl (C=O) groups is 1. The van der Waals surface area contributed by atoms with Crippen LogP contribution in [0.15, 0.2) is 12.1 Å². The van der Waals surface area contributed by atoms with Crippen molar-refractivity contribution in [3.8, 4) is 5.75 Å². The molecular weight excluding hydrogens is 311 g/mol. The topological polar surface area (TPSA) is 63.7 Å². The van der Waals surface area contributed by atoms with Crippen molar-refractivity contribution in [2.75, 3.05) is 24.3 Å². The summed E-state index contributed by atoms with van der Waals surface area (Å²) < 4.78 is 65.6. The molecule has 1 aromatic rings. The van der Waals surface area contributed by atoms with Crippen molar-refractivity contribution < 1.29 is 30.6 Å². The fourth-order valence-corrected chi connectivity index (χ4v) is 3.14. The van der Waals surface area contributed by atoms with E-state index in [4.69, 9.17) is 4.74 Å². The highest BCUT2D eigenvalue weighted by atomic mass is 32.3. The van der Waals surface area contributed by atoms with Crippen LogP contribution in [0.4, 0.5) is 18.4 Å². The maximum Gasteiger partial charge on any atom is 0.302 e. The second-order valence-electron chi connectivity index (χ2n) is 4.72. The molecule has 0 spiro atoms. The van der Waals surface area contributed by atoms with Gasteiger partial charge in [0.15, 0.2) is 11.6 Å².